The molecule has 0 spiro atoms. The fourth-order valence-electron chi connectivity index (χ4n) is 1.65. The lowest BCUT2D eigenvalue weighted by atomic mass is 10.0. The van der Waals surface area contributed by atoms with Gasteiger partial charge >= 0.3 is 5.97 Å². The smallest absolute Gasteiger partial charge is 0.308 e. The average Bonchev–Trinajstić information content (AvgIpc) is 2.32. The van der Waals surface area contributed by atoms with Gasteiger partial charge in [-0.15, -0.1) is 0 Å². The van der Waals surface area contributed by atoms with Gasteiger partial charge in [0.2, 0.25) is 0 Å². The third kappa shape index (κ3) is 4.05. The first-order valence-corrected chi connectivity index (χ1v) is 6.33. The quantitative estimate of drug-likeness (QED) is 0.473. The Labute approximate surface area is 114 Å². The van der Waals surface area contributed by atoms with Crippen LogP contribution in [0.25, 0.3) is 6.08 Å². The molecule has 0 N–H and O–H groups in total. The highest BCUT2D eigenvalue weighted by molar-refractivity contribution is 5.95. The van der Waals surface area contributed by atoms with Gasteiger partial charge in [-0.3, -0.25) is 9.59 Å². The molecule has 0 aliphatic heterocycles. The minimum absolute atomic E-state index is 0.0430. The van der Waals surface area contributed by atoms with Gasteiger partial charge in [-0.1, -0.05) is 26.0 Å². The molecule has 0 saturated carbocycles. The van der Waals surface area contributed by atoms with E-state index in [2.05, 4.69) is 0 Å². The first-order chi connectivity index (χ1) is 8.82. The lowest BCUT2D eigenvalue weighted by Gasteiger charge is -2.12. The van der Waals surface area contributed by atoms with E-state index in [4.69, 9.17) is 4.74 Å². The summed E-state index contributed by atoms with van der Waals surface area (Å²) in [6.45, 7) is 8.87. The predicted molar refractivity (Wildman–Crippen MR) is 76.1 cm³/mol. The van der Waals surface area contributed by atoms with Crippen molar-refractivity contribution in [2.24, 2.45) is 5.92 Å². The number of benzene rings is 1. The van der Waals surface area contributed by atoms with Crippen molar-refractivity contribution in [1.29, 1.82) is 0 Å². The summed E-state index contributed by atoms with van der Waals surface area (Å²) in [6.07, 6.45) is 3.27. The van der Waals surface area contributed by atoms with Crippen LogP contribution in [-0.4, -0.2) is 11.8 Å². The Morgan fingerprint density at radius 3 is 2.26 bits per heavy atom. The van der Waals surface area contributed by atoms with Crippen LogP contribution in [0.2, 0.25) is 0 Å². The van der Waals surface area contributed by atoms with E-state index in [0.717, 1.165) is 16.7 Å². The molecule has 0 aromatic heterocycles. The first-order valence-electron chi connectivity index (χ1n) is 6.33. The first kappa shape index (κ1) is 15.2. The zero-order chi connectivity index (χ0) is 14.6. The molecule has 3 heteroatoms. The molecule has 0 fully saturated rings. The SMILES string of the molecule is CC(=O)Oc1c(C)ccc(C)c1/C=C\C(=O)C(C)C. The summed E-state index contributed by atoms with van der Waals surface area (Å²) in [4.78, 5) is 22.8. The second-order valence-corrected chi connectivity index (χ2v) is 4.93. The normalized spacial score (nSPS) is 11.1. The zero-order valence-corrected chi connectivity index (χ0v) is 12.1. The highest BCUT2D eigenvalue weighted by Crippen LogP contribution is 2.28. The summed E-state index contributed by atoms with van der Waals surface area (Å²) in [5, 5.41) is 0. The average molecular weight is 260 g/mol. The Balaban J connectivity index is 3.21. The molecule has 0 radical (unpaired) electrons. The van der Waals surface area contributed by atoms with Crippen LogP contribution in [0.1, 0.15) is 37.5 Å². The van der Waals surface area contributed by atoms with Crippen LogP contribution < -0.4 is 4.74 Å². The number of ether oxygens (including phenoxy) is 1. The topological polar surface area (TPSA) is 43.4 Å². The lowest BCUT2D eigenvalue weighted by molar-refractivity contribution is -0.131. The molecular weight excluding hydrogens is 240 g/mol. The highest BCUT2D eigenvalue weighted by Gasteiger charge is 2.11. The second-order valence-electron chi connectivity index (χ2n) is 4.93. The molecule has 0 aliphatic carbocycles. The zero-order valence-electron chi connectivity index (χ0n) is 12.1. The summed E-state index contributed by atoms with van der Waals surface area (Å²) >= 11 is 0. The van der Waals surface area contributed by atoms with Crippen molar-refractivity contribution in [3.63, 3.8) is 0 Å². The number of rotatable bonds is 4. The van der Waals surface area contributed by atoms with E-state index >= 15 is 0 Å². The molecule has 3 nitrogen and oxygen atoms in total. The van der Waals surface area contributed by atoms with Gasteiger partial charge in [0.25, 0.3) is 0 Å². The number of aryl methyl sites for hydroxylation is 2. The molecular formula is C16H20O3. The number of ketones is 1. The maximum Gasteiger partial charge on any atom is 0.308 e. The second kappa shape index (κ2) is 6.32. The summed E-state index contributed by atoms with van der Waals surface area (Å²) in [5.74, 6) is 0.173. The molecule has 1 rings (SSSR count). The molecule has 0 aliphatic rings. The van der Waals surface area contributed by atoms with E-state index < -0.39 is 0 Å². The molecule has 0 heterocycles. The molecule has 0 unspecified atom stereocenters. The van der Waals surface area contributed by atoms with Crippen LogP contribution in [0.3, 0.4) is 0 Å². The lowest BCUT2D eigenvalue weighted by Crippen LogP contribution is -2.06. The Hall–Kier alpha value is -1.90. The number of hydrogen-bond donors (Lipinski definition) is 0. The molecule has 0 saturated heterocycles. The van der Waals surface area contributed by atoms with Crippen LogP contribution in [0.5, 0.6) is 5.75 Å². The minimum Gasteiger partial charge on any atom is -0.426 e. The molecule has 0 atom stereocenters. The molecule has 102 valence electrons. The van der Waals surface area contributed by atoms with Gasteiger partial charge < -0.3 is 4.74 Å². The fraction of sp³-hybridized carbons (Fsp3) is 0.375. The van der Waals surface area contributed by atoms with Crippen molar-refractivity contribution in [3.8, 4) is 5.75 Å². The third-order valence-corrected chi connectivity index (χ3v) is 2.84. The third-order valence-electron chi connectivity index (χ3n) is 2.84. The van der Waals surface area contributed by atoms with Crippen LogP contribution in [0, 0.1) is 19.8 Å². The van der Waals surface area contributed by atoms with Crippen molar-refractivity contribution in [1.82, 2.24) is 0 Å². The standard InChI is InChI=1S/C16H20O3/c1-10(2)15(18)9-8-14-11(3)6-7-12(4)16(14)19-13(5)17/h6-10H,1-5H3/b9-8-. The van der Waals surface area contributed by atoms with E-state index in [1.165, 1.54) is 6.92 Å². The fourth-order valence-corrected chi connectivity index (χ4v) is 1.65. The Morgan fingerprint density at radius 1 is 1.16 bits per heavy atom. The van der Waals surface area contributed by atoms with Gasteiger partial charge in [-0.2, -0.15) is 0 Å². The number of carbonyl (C=O) groups is 2. The Kier molecular flexibility index (Phi) is 5.04. The van der Waals surface area contributed by atoms with Crippen molar-refractivity contribution >= 4 is 17.8 Å². The van der Waals surface area contributed by atoms with E-state index in [1.54, 1.807) is 12.2 Å². The van der Waals surface area contributed by atoms with E-state index in [1.807, 2.05) is 39.8 Å². The summed E-state index contributed by atoms with van der Waals surface area (Å²) < 4.78 is 5.25. The summed E-state index contributed by atoms with van der Waals surface area (Å²) in [5.41, 5.74) is 2.62. The van der Waals surface area contributed by atoms with E-state index in [9.17, 15) is 9.59 Å². The van der Waals surface area contributed by atoms with Gasteiger partial charge in [-0.05, 0) is 37.1 Å². The van der Waals surface area contributed by atoms with Gasteiger partial charge in [0.05, 0.1) is 0 Å². The van der Waals surface area contributed by atoms with Gasteiger partial charge in [0, 0.05) is 18.4 Å². The summed E-state index contributed by atoms with van der Waals surface area (Å²) in [6, 6.07) is 3.84. The van der Waals surface area contributed by atoms with Crippen molar-refractivity contribution in [3.05, 3.63) is 34.9 Å². The molecule has 1 aromatic carbocycles. The van der Waals surface area contributed by atoms with Crippen molar-refractivity contribution < 1.29 is 14.3 Å². The van der Waals surface area contributed by atoms with Crippen LogP contribution in [0.15, 0.2) is 18.2 Å². The minimum atomic E-state index is -0.362. The Morgan fingerprint density at radius 2 is 1.74 bits per heavy atom. The molecule has 19 heavy (non-hydrogen) atoms. The van der Waals surface area contributed by atoms with Gasteiger partial charge in [-0.25, -0.2) is 0 Å². The van der Waals surface area contributed by atoms with Gasteiger partial charge in [0.15, 0.2) is 5.78 Å². The van der Waals surface area contributed by atoms with E-state index in [0.29, 0.717) is 5.75 Å². The number of carbonyl (C=O) groups excluding carboxylic acids is 2. The maximum absolute atomic E-state index is 11.7. The summed E-state index contributed by atoms with van der Waals surface area (Å²) in [7, 11) is 0. The molecule has 0 bridgehead atoms. The van der Waals surface area contributed by atoms with Crippen molar-refractivity contribution in [2.75, 3.05) is 0 Å². The largest absolute Gasteiger partial charge is 0.426 e. The van der Waals surface area contributed by atoms with Crippen LogP contribution in [-0.2, 0) is 9.59 Å². The Bertz CT molecular complexity index is 525. The van der Waals surface area contributed by atoms with Crippen molar-refractivity contribution in [2.45, 2.75) is 34.6 Å². The molecule has 0 amide bonds. The van der Waals surface area contributed by atoms with Crippen LogP contribution in [0.4, 0.5) is 0 Å². The number of hydrogen-bond acceptors (Lipinski definition) is 3. The van der Waals surface area contributed by atoms with E-state index in [-0.39, 0.29) is 17.7 Å². The predicted octanol–water partition coefficient (Wildman–Crippen LogP) is 3.47. The highest BCUT2D eigenvalue weighted by atomic mass is 16.5. The maximum atomic E-state index is 11.7. The van der Waals surface area contributed by atoms with Crippen LogP contribution >= 0.6 is 0 Å². The number of allylic oxidation sites excluding steroid dienone is 1. The van der Waals surface area contributed by atoms with Gasteiger partial charge in [0.1, 0.15) is 5.75 Å². The molecule has 1 aromatic rings. The number of esters is 1. The monoisotopic (exact) mass is 260 g/mol.